The SMILES string of the molecule is Cc1cccc(C(O)C(CN)c2cccc(Br)c2)c1. The number of benzene rings is 2. The van der Waals surface area contributed by atoms with Crippen molar-refractivity contribution in [1.29, 1.82) is 0 Å². The normalized spacial score (nSPS) is 14.1. The molecule has 0 bridgehead atoms. The highest BCUT2D eigenvalue weighted by molar-refractivity contribution is 9.10. The second-order valence-electron chi connectivity index (χ2n) is 4.76. The summed E-state index contributed by atoms with van der Waals surface area (Å²) in [6.45, 7) is 2.43. The fraction of sp³-hybridized carbons (Fsp3) is 0.250. The van der Waals surface area contributed by atoms with Crippen molar-refractivity contribution in [1.82, 2.24) is 0 Å². The van der Waals surface area contributed by atoms with Crippen molar-refractivity contribution in [3.63, 3.8) is 0 Å². The van der Waals surface area contributed by atoms with Gasteiger partial charge in [0.1, 0.15) is 0 Å². The van der Waals surface area contributed by atoms with E-state index in [1.54, 1.807) is 0 Å². The third-order valence-electron chi connectivity index (χ3n) is 3.30. The smallest absolute Gasteiger partial charge is 0.0870 e. The van der Waals surface area contributed by atoms with Gasteiger partial charge in [-0.1, -0.05) is 57.9 Å². The summed E-state index contributed by atoms with van der Waals surface area (Å²) < 4.78 is 1.000. The molecule has 0 aliphatic rings. The zero-order valence-electron chi connectivity index (χ0n) is 10.9. The summed E-state index contributed by atoms with van der Waals surface area (Å²) in [4.78, 5) is 0. The average Bonchev–Trinajstić information content (AvgIpc) is 2.39. The fourth-order valence-electron chi connectivity index (χ4n) is 2.27. The Morgan fingerprint density at radius 1 is 1.11 bits per heavy atom. The molecule has 0 aliphatic carbocycles. The van der Waals surface area contributed by atoms with Crippen LogP contribution in [0.2, 0.25) is 0 Å². The van der Waals surface area contributed by atoms with Gasteiger partial charge in [0.25, 0.3) is 0 Å². The number of aliphatic hydroxyl groups is 1. The second kappa shape index (κ2) is 6.33. The maximum atomic E-state index is 10.6. The zero-order valence-corrected chi connectivity index (χ0v) is 12.5. The number of aliphatic hydroxyl groups excluding tert-OH is 1. The van der Waals surface area contributed by atoms with Gasteiger partial charge < -0.3 is 10.8 Å². The Kier molecular flexibility index (Phi) is 4.75. The van der Waals surface area contributed by atoms with Crippen LogP contribution in [-0.4, -0.2) is 11.7 Å². The van der Waals surface area contributed by atoms with E-state index in [4.69, 9.17) is 5.73 Å². The molecule has 3 heteroatoms. The first-order chi connectivity index (χ1) is 9.11. The Balaban J connectivity index is 2.31. The molecule has 0 aliphatic heterocycles. The minimum absolute atomic E-state index is 0.0979. The summed E-state index contributed by atoms with van der Waals surface area (Å²) in [7, 11) is 0. The molecule has 0 radical (unpaired) electrons. The monoisotopic (exact) mass is 319 g/mol. The van der Waals surface area contributed by atoms with Gasteiger partial charge in [0.2, 0.25) is 0 Å². The van der Waals surface area contributed by atoms with E-state index in [1.807, 2.05) is 55.5 Å². The van der Waals surface area contributed by atoms with Crippen LogP contribution in [0, 0.1) is 6.92 Å². The average molecular weight is 320 g/mol. The maximum absolute atomic E-state index is 10.6. The molecule has 2 unspecified atom stereocenters. The summed E-state index contributed by atoms with van der Waals surface area (Å²) in [6.07, 6.45) is -0.584. The Labute approximate surface area is 122 Å². The molecule has 3 N–H and O–H groups in total. The van der Waals surface area contributed by atoms with Gasteiger partial charge in [-0.3, -0.25) is 0 Å². The minimum Gasteiger partial charge on any atom is -0.388 e. The molecule has 2 rings (SSSR count). The number of rotatable bonds is 4. The van der Waals surface area contributed by atoms with Crippen LogP contribution < -0.4 is 5.73 Å². The largest absolute Gasteiger partial charge is 0.388 e. The van der Waals surface area contributed by atoms with Crippen LogP contribution >= 0.6 is 15.9 Å². The van der Waals surface area contributed by atoms with Crippen LogP contribution in [-0.2, 0) is 0 Å². The molecule has 100 valence electrons. The van der Waals surface area contributed by atoms with Crippen LogP contribution in [0.25, 0.3) is 0 Å². The second-order valence-corrected chi connectivity index (χ2v) is 5.67. The van der Waals surface area contributed by atoms with Crippen LogP contribution in [0.3, 0.4) is 0 Å². The first-order valence-corrected chi connectivity index (χ1v) is 7.11. The number of aryl methyl sites for hydroxylation is 1. The molecular formula is C16H18BrNO. The van der Waals surface area contributed by atoms with Gasteiger partial charge in [-0.05, 0) is 30.2 Å². The standard InChI is InChI=1S/C16H18BrNO/c1-11-4-2-6-13(8-11)16(19)15(10-18)12-5-3-7-14(17)9-12/h2-9,15-16,19H,10,18H2,1H3. The van der Waals surface area contributed by atoms with Crippen molar-refractivity contribution in [2.75, 3.05) is 6.54 Å². The molecule has 0 aromatic heterocycles. The van der Waals surface area contributed by atoms with Crippen LogP contribution in [0.1, 0.15) is 28.7 Å². The van der Waals surface area contributed by atoms with Crippen molar-refractivity contribution in [3.8, 4) is 0 Å². The van der Waals surface area contributed by atoms with Crippen LogP contribution in [0.15, 0.2) is 53.0 Å². The molecular weight excluding hydrogens is 302 g/mol. The maximum Gasteiger partial charge on any atom is 0.0870 e. The van der Waals surface area contributed by atoms with E-state index in [0.29, 0.717) is 6.54 Å². The van der Waals surface area contributed by atoms with Crippen molar-refractivity contribution < 1.29 is 5.11 Å². The summed E-state index contributed by atoms with van der Waals surface area (Å²) >= 11 is 3.45. The zero-order chi connectivity index (χ0) is 13.8. The number of hydrogen-bond acceptors (Lipinski definition) is 2. The van der Waals surface area contributed by atoms with E-state index in [0.717, 1.165) is 21.2 Å². The highest BCUT2D eigenvalue weighted by Crippen LogP contribution is 2.31. The molecule has 2 atom stereocenters. The molecule has 0 saturated heterocycles. The molecule has 2 nitrogen and oxygen atoms in total. The third-order valence-corrected chi connectivity index (χ3v) is 3.79. The summed E-state index contributed by atoms with van der Waals surface area (Å²) in [5.41, 5.74) is 8.96. The summed E-state index contributed by atoms with van der Waals surface area (Å²) in [6, 6.07) is 15.9. The first kappa shape index (κ1) is 14.3. The van der Waals surface area contributed by atoms with Gasteiger partial charge in [-0.25, -0.2) is 0 Å². The van der Waals surface area contributed by atoms with Crippen molar-refractivity contribution in [2.24, 2.45) is 5.73 Å². The van der Waals surface area contributed by atoms with Gasteiger partial charge >= 0.3 is 0 Å². The van der Waals surface area contributed by atoms with E-state index in [1.165, 1.54) is 0 Å². The summed E-state index contributed by atoms with van der Waals surface area (Å²) in [5.74, 6) is -0.0979. The predicted octanol–water partition coefficient (Wildman–Crippen LogP) is 3.53. The van der Waals surface area contributed by atoms with Gasteiger partial charge in [0.15, 0.2) is 0 Å². The van der Waals surface area contributed by atoms with E-state index >= 15 is 0 Å². The highest BCUT2D eigenvalue weighted by atomic mass is 79.9. The van der Waals surface area contributed by atoms with Gasteiger partial charge in [0, 0.05) is 16.9 Å². The van der Waals surface area contributed by atoms with Gasteiger partial charge in [0.05, 0.1) is 6.10 Å². The quantitative estimate of drug-likeness (QED) is 0.905. The lowest BCUT2D eigenvalue weighted by Crippen LogP contribution is -2.20. The Morgan fingerprint density at radius 3 is 2.42 bits per heavy atom. The van der Waals surface area contributed by atoms with E-state index in [2.05, 4.69) is 15.9 Å². The number of halogens is 1. The van der Waals surface area contributed by atoms with E-state index < -0.39 is 6.10 Å². The summed E-state index contributed by atoms with van der Waals surface area (Å²) in [5, 5.41) is 10.6. The Morgan fingerprint density at radius 2 is 1.79 bits per heavy atom. The lowest BCUT2D eigenvalue weighted by molar-refractivity contribution is 0.147. The van der Waals surface area contributed by atoms with Crippen LogP contribution in [0.5, 0.6) is 0 Å². The third kappa shape index (κ3) is 3.44. The number of hydrogen-bond donors (Lipinski definition) is 2. The lowest BCUT2D eigenvalue weighted by Gasteiger charge is -2.22. The van der Waals surface area contributed by atoms with E-state index in [-0.39, 0.29) is 5.92 Å². The lowest BCUT2D eigenvalue weighted by atomic mass is 9.89. The molecule has 0 amide bonds. The molecule has 0 spiro atoms. The molecule has 0 fully saturated rings. The fourth-order valence-corrected chi connectivity index (χ4v) is 2.69. The topological polar surface area (TPSA) is 46.2 Å². The van der Waals surface area contributed by atoms with E-state index in [9.17, 15) is 5.11 Å². The van der Waals surface area contributed by atoms with Crippen molar-refractivity contribution in [3.05, 3.63) is 69.7 Å². The predicted molar refractivity (Wildman–Crippen MR) is 82.1 cm³/mol. The van der Waals surface area contributed by atoms with Gasteiger partial charge in [-0.15, -0.1) is 0 Å². The number of nitrogens with two attached hydrogens (primary N) is 1. The Bertz CT molecular complexity index is 556. The first-order valence-electron chi connectivity index (χ1n) is 6.32. The highest BCUT2D eigenvalue weighted by Gasteiger charge is 2.21. The van der Waals surface area contributed by atoms with Gasteiger partial charge in [-0.2, -0.15) is 0 Å². The molecule has 2 aromatic rings. The Hall–Kier alpha value is -1.16. The molecule has 0 saturated carbocycles. The molecule has 0 heterocycles. The van der Waals surface area contributed by atoms with Crippen molar-refractivity contribution in [2.45, 2.75) is 18.9 Å². The minimum atomic E-state index is -0.584. The van der Waals surface area contributed by atoms with Crippen LogP contribution in [0.4, 0.5) is 0 Å². The molecule has 19 heavy (non-hydrogen) atoms. The molecule has 2 aromatic carbocycles. The van der Waals surface area contributed by atoms with Crippen molar-refractivity contribution >= 4 is 15.9 Å².